The number of ketones is 1. The molecule has 0 saturated heterocycles. The van der Waals surface area contributed by atoms with Crippen LogP contribution in [-0.2, 0) is 20.8 Å². The second-order valence-corrected chi connectivity index (χ2v) is 10.5. The van der Waals surface area contributed by atoms with Crippen LogP contribution >= 0.6 is 11.3 Å². The maximum atomic E-state index is 12.7. The number of halogens is 3. The van der Waals surface area contributed by atoms with Gasteiger partial charge in [0, 0.05) is 23.4 Å². The summed E-state index contributed by atoms with van der Waals surface area (Å²) in [4.78, 5) is 35.0. The van der Waals surface area contributed by atoms with Crippen LogP contribution in [0.4, 0.5) is 18.9 Å². The molecule has 0 radical (unpaired) electrons. The maximum absolute atomic E-state index is 12.7. The molecule has 0 aliphatic heterocycles. The van der Waals surface area contributed by atoms with Crippen LogP contribution in [0.15, 0.2) is 53.9 Å². The number of rotatable bonds is 10. The highest BCUT2D eigenvalue weighted by molar-refractivity contribution is 7.09. The lowest BCUT2D eigenvalue weighted by molar-refractivity contribution is -0.192. The van der Waals surface area contributed by atoms with Gasteiger partial charge in [-0.25, -0.2) is 4.79 Å². The van der Waals surface area contributed by atoms with Gasteiger partial charge in [-0.2, -0.15) is 13.2 Å². The van der Waals surface area contributed by atoms with E-state index in [1.807, 2.05) is 23.6 Å². The Bertz CT molecular complexity index is 1030. The lowest BCUT2D eigenvalue weighted by Crippen LogP contribution is -2.34. The summed E-state index contributed by atoms with van der Waals surface area (Å²) < 4.78 is 36.9. The molecule has 1 aromatic heterocycles. The zero-order chi connectivity index (χ0) is 28.2. The van der Waals surface area contributed by atoms with Crippen molar-refractivity contribution in [2.75, 3.05) is 12.4 Å². The van der Waals surface area contributed by atoms with E-state index in [2.05, 4.69) is 26.1 Å². The first kappa shape index (κ1) is 31.8. The molecule has 1 amide bonds. The van der Waals surface area contributed by atoms with Crippen molar-refractivity contribution in [3.63, 3.8) is 0 Å². The van der Waals surface area contributed by atoms with Gasteiger partial charge in [0.1, 0.15) is 11.5 Å². The van der Waals surface area contributed by atoms with Crippen molar-refractivity contribution < 1.29 is 37.4 Å². The fourth-order valence-electron chi connectivity index (χ4n) is 3.25. The van der Waals surface area contributed by atoms with Crippen molar-refractivity contribution >= 4 is 34.7 Å². The number of carboxylic acids is 1. The molecule has 4 N–H and O–H groups in total. The van der Waals surface area contributed by atoms with Crippen LogP contribution in [0.3, 0.4) is 0 Å². The molecule has 2 atom stereocenters. The largest absolute Gasteiger partial charge is 0.497 e. The number of ether oxygens (including phenoxy) is 1. The number of allylic oxidation sites excluding steroid dienone is 1. The number of hydrogen-bond donors (Lipinski definition) is 3. The van der Waals surface area contributed by atoms with Crippen molar-refractivity contribution in [1.82, 2.24) is 0 Å². The van der Waals surface area contributed by atoms with E-state index in [1.165, 1.54) is 6.08 Å². The molecule has 2 rings (SSSR count). The van der Waals surface area contributed by atoms with Gasteiger partial charge in [-0.1, -0.05) is 32.9 Å². The Morgan fingerprint density at radius 3 is 2.19 bits per heavy atom. The minimum atomic E-state index is -5.08. The van der Waals surface area contributed by atoms with E-state index in [0.29, 0.717) is 18.5 Å². The van der Waals surface area contributed by atoms with Gasteiger partial charge in [-0.3, -0.25) is 9.59 Å². The summed E-state index contributed by atoms with van der Waals surface area (Å²) in [6.45, 7) is 6.38. The van der Waals surface area contributed by atoms with Crippen LogP contribution in [0.5, 0.6) is 5.75 Å². The van der Waals surface area contributed by atoms with E-state index in [1.54, 1.807) is 42.7 Å². The summed E-state index contributed by atoms with van der Waals surface area (Å²) in [7, 11) is 1.60. The van der Waals surface area contributed by atoms with Crippen LogP contribution in [0.2, 0.25) is 0 Å². The fourth-order valence-corrected chi connectivity index (χ4v) is 4.01. The number of benzene rings is 1. The van der Waals surface area contributed by atoms with Crippen LogP contribution in [0.25, 0.3) is 0 Å². The molecule has 0 unspecified atom stereocenters. The van der Waals surface area contributed by atoms with E-state index in [4.69, 9.17) is 20.4 Å². The number of carboxylic acid groups (broad SMARTS) is 1. The minimum absolute atomic E-state index is 0.0258. The molecule has 204 valence electrons. The quantitative estimate of drug-likeness (QED) is 0.343. The van der Waals surface area contributed by atoms with E-state index in [9.17, 15) is 22.8 Å². The van der Waals surface area contributed by atoms with Crippen LogP contribution in [0, 0.1) is 11.3 Å². The lowest BCUT2D eigenvalue weighted by Gasteiger charge is -2.24. The van der Waals surface area contributed by atoms with Gasteiger partial charge in [0.2, 0.25) is 5.91 Å². The average molecular weight is 543 g/mol. The Morgan fingerprint density at radius 2 is 1.73 bits per heavy atom. The highest BCUT2D eigenvalue weighted by Gasteiger charge is 2.38. The van der Waals surface area contributed by atoms with Crippen LogP contribution < -0.4 is 15.8 Å². The van der Waals surface area contributed by atoms with E-state index in [-0.39, 0.29) is 23.0 Å². The number of amides is 1. The van der Waals surface area contributed by atoms with Crippen molar-refractivity contribution in [3.05, 3.63) is 58.8 Å². The van der Waals surface area contributed by atoms with Gasteiger partial charge < -0.3 is 20.9 Å². The number of thiophene rings is 1. The summed E-state index contributed by atoms with van der Waals surface area (Å²) >= 11 is 1.61. The molecular weight excluding hydrogens is 509 g/mol. The first-order valence-electron chi connectivity index (χ1n) is 11.3. The highest BCUT2D eigenvalue weighted by atomic mass is 32.1. The number of alkyl halides is 3. The number of anilines is 1. The lowest BCUT2D eigenvalue weighted by atomic mass is 9.81. The molecule has 0 aliphatic rings. The van der Waals surface area contributed by atoms with Crippen LogP contribution in [-0.4, -0.2) is 42.1 Å². The van der Waals surface area contributed by atoms with E-state index >= 15 is 0 Å². The Hall–Kier alpha value is -3.18. The standard InChI is InChI=1S/C24H32N2O3S.C2HF3O2/c1-24(2,3)16-17(14-22(27)21(25)15-20-6-5-13-30-20)7-12-23(28)26-18-8-10-19(29-4)11-9-18;3-2(4,5)1(6)7/h5-13,17,21H,14-16,25H2,1-4H3,(H,26,28);(H,6,7)/b12-7+;/t17-,21-;/m0./s1. The van der Waals surface area contributed by atoms with Crippen molar-refractivity contribution in [1.29, 1.82) is 0 Å². The van der Waals surface area contributed by atoms with Gasteiger partial charge in [0.25, 0.3) is 0 Å². The Kier molecular flexibility index (Phi) is 12.5. The predicted molar refractivity (Wildman–Crippen MR) is 138 cm³/mol. The summed E-state index contributed by atoms with van der Waals surface area (Å²) in [6, 6.07) is 10.6. The summed E-state index contributed by atoms with van der Waals surface area (Å²) in [6.07, 6.45) is -0.0636. The number of methoxy groups -OCH3 is 1. The third-order valence-corrected chi connectivity index (χ3v) is 5.77. The Labute approximate surface area is 218 Å². The van der Waals surface area contributed by atoms with Gasteiger partial charge in [0.05, 0.1) is 13.2 Å². The minimum Gasteiger partial charge on any atom is -0.497 e. The number of Topliss-reactive ketones (excluding diaryl/α,β-unsaturated/α-hetero) is 1. The summed E-state index contributed by atoms with van der Waals surface area (Å²) in [5, 5.41) is 11.9. The summed E-state index contributed by atoms with van der Waals surface area (Å²) in [5.41, 5.74) is 6.86. The number of nitrogens with two attached hydrogens (primary N) is 1. The second-order valence-electron chi connectivity index (χ2n) is 9.47. The number of carbonyl (C=O) groups is 3. The molecule has 11 heteroatoms. The van der Waals surface area contributed by atoms with Gasteiger partial charge >= 0.3 is 12.1 Å². The predicted octanol–water partition coefficient (Wildman–Crippen LogP) is 5.47. The second kappa shape index (κ2) is 14.5. The number of aliphatic carboxylic acids is 1. The Balaban J connectivity index is 0.000000856. The normalized spacial score (nSPS) is 13.3. The Morgan fingerprint density at radius 1 is 1.14 bits per heavy atom. The molecule has 7 nitrogen and oxygen atoms in total. The van der Waals surface area contributed by atoms with E-state index < -0.39 is 18.2 Å². The zero-order valence-corrected chi connectivity index (χ0v) is 22.0. The van der Waals surface area contributed by atoms with Crippen LogP contribution in [0.1, 0.15) is 38.5 Å². The monoisotopic (exact) mass is 542 g/mol. The zero-order valence-electron chi connectivity index (χ0n) is 21.2. The molecule has 0 fully saturated rings. The topological polar surface area (TPSA) is 119 Å². The number of nitrogens with one attached hydrogen (secondary N) is 1. The number of carbonyl (C=O) groups excluding carboxylic acids is 2. The van der Waals surface area contributed by atoms with Crippen molar-refractivity contribution in [3.8, 4) is 5.75 Å². The summed E-state index contributed by atoms with van der Waals surface area (Å²) in [5.74, 6) is -2.28. The first-order chi connectivity index (χ1) is 17.1. The molecule has 0 spiro atoms. The molecule has 0 aliphatic carbocycles. The average Bonchev–Trinajstić information content (AvgIpc) is 3.29. The number of hydrogen-bond acceptors (Lipinski definition) is 6. The molecule has 1 aromatic carbocycles. The molecule has 37 heavy (non-hydrogen) atoms. The van der Waals surface area contributed by atoms with Crippen molar-refractivity contribution in [2.24, 2.45) is 17.1 Å². The SMILES string of the molecule is COc1ccc(NC(=O)/C=C/[C@@H](CC(=O)[C@@H](N)Cc2cccs2)CC(C)(C)C)cc1.O=C(O)C(F)(F)F. The van der Waals surface area contributed by atoms with Gasteiger partial charge in [0.15, 0.2) is 0 Å². The molecular formula is C26H33F3N2O5S. The smallest absolute Gasteiger partial charge is 0.490 e. The molecule has 0 saturated carbocycles. The third kappa shape index (κ3) is 13.6. The third-order valence-electron chi connectivity index (χ3n) is 4.87. The van der Waals surface area contributed by atoms with Gasteiger partial charge in [-0.15, -0.1) is 11.3 Å². The van der Waals surface area contributed by atoms with Crippen molar-refractivity contribution in [2.45, 2.75) is 52.3 Å². The van der Waals surface area contributed by atoms with Gasteiger partial charge in [-0.05, 0) is 59.5 Å². The maximum Gasteiger partial charge on any atom is 0.490 e. The molecule has 0 bridgehead atoms. The fraction of sp³-hybridized carbons (Fsp3) is 0.423. The highest BCUT2D eigenvalue weighted by Crippen LogP contribution is 2.28. The molecule has 1 heterocycles. The molecule has 2 aromatic rings. The first-order valence-corrected chi connectivity index (χ1v) is 12.2. The van der Waals surface area contributed by atoms with E-state index in [0.717, 1.165) is 17.0 Å².